The minimum atomic E-state index is 0.191. The van der Waals surface area contributed by atoms with Gasteiger partial charge < -0.3 is 11.1 Å². The van der Waals surface area contributed by atoms with Crippen molar-refractivity contribution in [3.05, 3.63) is 35.2 Å². The van der Waals surface area contributed by atoms with Crippen LogP contribution in [0.2, 0.25) is 0 Å². The zero-order valence-corrected chi connectivity index (χ0v) is 10.7. The number of rotatable bonds is 3. The molecule has 0 radical (unpaired) electrons. The maximum absolute atomic E-state index is 6.36. The number of hydrogen-bond donors (Lipinski definition) is 2. The summed E-state index contributed by atoms with van der Waals surface area (Å²) in [5, 5.41) is 6.98. The smallest absolute Gasteiger partial charge is 0.0346 e. The van der Waals surface area contributed by atoms with E-state index in [1.54, 1.807) is 11.3 Å². The number of fused-ring (bicyclic) bond motifs is 1. The van der Waals surface area contributed by atoms with Gasteiger partial charge in [0.15, 0.2) is 0 Å². The van der Waals surface area contributed by atoms with Gasteiger partial charge in [-0.3, -0.25) is 0 Å². The van der Waals surface area contributed by atoms with Gasteiger partial charge in [0, 0.05) is 10.7 Å². The average Bonchev–Trinajstić information content (AvgIpc) is 2.96. The maximum Gasteiger partial charge on any atom is 0.0346 e. The van der Waals surface area contributed by atoms with E-state index >= 15 is 0 Å². The summed E-state index contributed by atoms with van der Waals surface area (Å²) >= 11 is 1.80. The third-order valence-corrected chi connectivity index (χ3v) is 4.64. The van der Waals surface area contributed by atoms with E-state index in [2.05, 4.69) is 35.0 Å². The number of nitrogens with one attached hydrogen (secondary N) is 1. The third kappa shape index (κ3) is 2.23. The van der Waals surface area contributed by atoms with Gasteiger partial charge in [0.25, 0.3) is 0 Å². The highest BCUT2D eigenvalue weighted by atomic mass is 32.1. The van der Waals surface area contributed by atoms with Crippen LogP contribution in [0, 0.1) is 5.92 Å². The van der Waals surface area contributed by atoms with Crippen LogP contribution in [0.25, 0.3) is 10.1 Å². The fourth-order valence-corrected chi connectivity index (χ4v) is 3.71. The van der Waals surface area contributed by atoms with E-state index in [0.29, 0.717) is 0 Å². The van der Waals surface area contributed by atoms with Crippen molar-refractivity contribution in [3.63, 3.8) is 0 Å². The summed E-state index contributed by atoms with van der Waals surface area (Å²) in [6.45, 7) is 2.29. The summed E-state index contributed by atoms with van der Waals surface area (Å²) in [5.41, 5.74) is 7.70. The van der Waals surface area contributed by atoms with Crippen molar-refractivity contribution in [2.24, 2.45) is 11.7 Å². The lowest BCUT2D eigenvalue weighted by molar-refractivity contribution is 0.475. The lowest BCUT2D eigenvalue weighted by Gasteiger charge is -2.15. The molecular weight excluding hydrogens is 228 g/mol. The zero-order valence-electron chi connectivity index (χ0n) is 9.86. The molecule has 17 heavy (non-hydrogen) atoms. The monoisotopic (exact) mass is 246 g/mol. The molecule has 2 unspecified atom stereocenters. The van der Waals surface area contributed by atoms with Crippen LogP contribution in [-0.4, -0.2) is 13.1 Å². The molecule has 1 fully saturated rings. The summed E-state index contributed by atoms with van der Waals surface area (Å²) < 4.78 is 1.35. The molecule has 2 aromatic rings. The molecule has 0 aliphatic carbocycles. The predicted molar refractivity (Wildman–Crippen MR) is 74.3 cm³/mol. The molecule has 2 nitrogen and oxygen atoms in total. The van der Waals surface area contributed by atoms with Gasteiger partial charge in [-0.25, -0.2) is 0 Å². The Morgan fingerprint density at radius 3 is 3.12 bits per heavy atom. The molecule has 0 bridgehead atoms. The van der Waals surface area contributed by atoms with Gasteiger partial charge in [0.2, 0.25) is 0 Å². The molecule has 90 valence electrons. The molecule has 3 rings (SSSR count). The van der Waals surface area contributed by atoms with Crippen LogP contribution in [0.15, 0.2) is 29.6 Å². The lowest BCUT2D eigenvalue weighted by atomic mass is 9.94. The second kappa shape index (κ2) is 4.77. The minimum absolute atomic E-state index is 0.191. The van der Waals surface area contributed by atoms with Crippen LogP contribution in [0.4, 0.5) is 0 Å². The van der Waals surface area contributed by atoms with Crippen LogP contribution in [-0.2, 0) is 0 Å². The van der Waals surface area contributed by atoms with Crippen molar-refractivity contribution in [2.75, 3.05) is 13.1 Å². The molecule has 1 aliphatic rings. The van der Waals surface area contributed by atoms with Crippen molar-refractivity contribution in [3.8, 4) is 0 Å². The van der Waals surface area contributed by atoms with Crippen molar-refractivity contribution < 1.29 is 0 Å². The normalized spacial score (nSPS) is 22.1. The highest BCUT2D eigenvalue weighted by Gasteiger charge is 2.20. The lowest BCUT2D eigenvalue weighted by Crippen LogP contribution is -2.17. The van der Waals surface area contributed by atoms with Crippen LogP contribution >= 0.6 is 11.3 Å². The Balaban J connectivity index is 1.82. The van der Waals surface area contributed by atoms with Gasteiger partial charge >= 0.3 is 0 Å². The van der Waals surface area contributed by atoms with E-state index in [1.165, 1.54) is 22.1 Å². The minimum Gasteiger partial charge on any atom is -0.324 e. The van der Waals surface area contributed by atoms with E-state index in [1.807, 2.05) is 0 Å². The summed E-state index contributed by atoms with van der Waals surface area (Å²) in [7, 11) is 0. The Kier molecular flexibility index (Phi) is 3.14. The standard InChI is InChI=1S/C14H18N2S/c15-13(7-10-5-6-16-8-10)12-9-17-14-4-2-1-3-11(12)14/h1-4,9-10,13,16H,5-8,15H2. The van der Waals surface area contributed by atoms with Crippen LogP contribution in [0.5, 0.6) is 0 Å². The molecule has 3 N–H and O–H groups in total. The van der Waals surface area contributed by atoms with E-state index in [9.17, 15) is 0 Å². The predicted octanol–water partition coefficient (Wildman–Crippen LogP) is 2.90. The first kappa shape index (κ1) is 11.2. The number of benzene rings is 1. The van der Waals surface area contributed by atoms with Crippen molar-refractivity contribution in [2.45, 2.75) is 18.9 Å². The first-order valence-electron chi connectivity index (χ1n) is 6.27. The average molecular weight is 246 g/mol. The van der Waals surface area contributed by atoms with Crippen molar-refractivity contribution >= 4 is 21.4 Å². The van der Waals surface area contributed by atoms with Gasteiger partial charge in [-0.15, -0.1) is 11.3 Å². The number of nitrogens with two attached hydrogens (primary N) is 1. The quantitative estimate of drug-likeness (QED) is 0.874. The van der Waals surface area contributed by atoms with E-state index in [4.69, 9.17) is 5.73 Å². The molecule has 3 heteroatoms. The molecule has 2 atom stereocenters. The molecule has 0 spiro atoms. The maximum atomic E-state index is 6.36. The molecule has 1 aromatic heterocycles. The second-order valence-corrected chi connectivity index (χ2v) is 5.80. The molecule has 0 saturated carbocycles. The van der Waals surface area contributed by atoms with Gasteiger partial charge in [-0.05, 0) is 54.2 Å². The van der Waals surface area contributed by atoms with E-state index in [0.717, 1.165) is 25.4 Å². The van der Waals surface area contributed by atoms with Gasteiger partial charge in [-0.1, -0.05) is 18.2 Å². The summed E-state index contributed by atoms with van der Waals surface area (Å²) in [6, 6.07) is 8.75. The third-order valence-electron chi connectivity index (χ3n) is 3.66. The molecule has 1 saturated heterocycles. The number of thiophene rings is 1. The molecule has 2 heterocycles. The van der Waals surface area contributed by atoms with E-state index < -0.39 is 0 Å². The highest BCUT2D eigenvalue weighted by Crippen LogP contribution is 2.32. The van der Waals surface area contributed by atoms with Crippen molar-refractivity contribution in [1.82, 2.24) is 5.32 Å². The Labute approximate surface area is 106 Å². The Bertz CT molecular complexity index is 500. The Morgan fingerprint density at radius 1 is 1.41 bits per heavy atom. The summed E-state index contributed by atoms with van der Waals surface area (Å²) in [4.78, 5) is 0. The molecule has 1 aromatic carbocycles. The Hall–Kier alpha value is -0.900. The van der Waals surface area contributed by atoms with E-state index in [-0.39, 0.29) is 6.04 Å². The fraction of sp³-hybridized carbons (Fsp3) is 0.429. The van der Waals surface area contributed by atoms with Crippen LogP contribution in [0.3, 0.4) is 0 Å². The largest absolute Gasteiger partial charge is 0.324 e. The van der Waals surface area contributed by atoms with Crippen LogP contribution < -0.4 is 11.1 Å². The zero-order chi connectivity index (χ0) is 11.7. The van der Waals surface area contributed by atoms with Gasteiger partial charge in [0.1, 0.15) is 0 Å². The van der Waals surface area contributed by atoms with Gasteiger partial charge in [0.05, 0.1) is 0 Å². The second-order valence-electron chi connectivity index (χ2n) is 4.89. The molecule has 1 aliphatic heterocycles. The fourth-order valence-electron chi connectivity index (χ4n) is 2.69. The molecular formula is C14H18N2S. The topological polar surface area (TPSA) is 38.0 Å². The SMILES string of the molecule is NC(CC1CCNC1)c1csc2ccccc12. The Morgan fingerprint density at radius 2 is 2.29 bits per heavy atom. The highest BCUT2D eigenvalue weighted by molar-refractivity contribution is 7.17. The molecule has 0 amide bonds. The summed E-state index contributed by atoms with van der Waals surface area (Å²) in [6.07, 6.45) is 2.38. The number of hydrogen-bond acceptors (Lipinski definition) is 3. The first-order valence-corrected chi connectivity index (χ1v) is 7.15. The van der Waals surface area contributed by atoms with Gasteiger partial charge in [-0.2, -0.15) is 0 Å². The van der Waals surface area contributed by atoms with Crippen molar-refractivity contribution in [1.29, 1.82) is 0 Å². The van der Waals surface area contributed by atoms with Crippen LogP contribution in [0.1, 0.15) is 24.4 Å². The first-order chi connectivity index (χ1) is 8.34. The summed E-state index contributed by atoms with van der Waals surface area (Å²) in [5.74, 6) is 0.753.